The van der Waals surface area contributed by atoms with E-state index in [1.807, 2.05) is 19.4 Å². The number of hydrogen-bond donors (Lipinski definition) is 1. The Balaban J connectivity index is 1.70. The molecular formula is C14H23N5. The van der Waals surface area contributed by atoms with Gasteiger partial charge in [0.1, 0.15) is 5.82 Å². The van der Waals surface area contributed by atoms with Gasteiger partial charge in [0, 0.05) is 32.2 Å². The SMILES string of the molecule is CNCc1cnc(N2CCCN3CCCC3C2)cn1. The smallest absolute Gasteiger partial charge is 0.147 e. The molecule has 0 spiro atoms. The fourth-order valence-corrected chi connectivity index (χ4v) is 3.20. The van der Waals surface area contributed by atoms with Crippen LogP contribution < -0.4 is 10.2 Å². The molecule has 2 saturated heterocycles. The minimum absolute atomic E-state index is 0.723. The number of nitrogens with zero attached hydrogens (tertiary/aromatic N) is 4. The van der Waals surface area contributed by atoms with Crippen LogP contribution in [-0.2, 0) is 6.54 Å². The lowest BCUT2D eigenvalue weighted by molar-refractivity contribution is 0.273. The second kappa shape index (κ2) is 5.84. The molecule has 2 fully saturated rings. The van der Waals surface area contributed by atoms with Gasteiger partial charge in [-0.05, 0) is 32.9 Å². The van der Waals surface area contributed by atoms with Gasteiger partial charge >= 0.3 is 0 Å². The Labute approximate surface area is 115 Å². The molecule has 1 atom stereocenters. The van der Waals surface area contributed by atoms with Crippen molar-refractivity contribution in [2.24, 2.45) is 0 Å². The molecule has 1 unspecified atom stereocenters. The Morgan fingerprint density at radius 1 is 1.21 bits per heavy atom. The standard InChI is InChI=1S/C14H23N5/c1-15-8-12-9-17-14(10-16-12)19-7-3-6-18-5-2-4-13(18)11-19/h9-10,13,15H,2-8,11H2,1H3. The highest BCUT2D eigenvalue weighted by molar-refractivity contribution is 5.36. The van der Waals surface area contributed by atoms with Gasteiger partial charge in [0.15, 0.2) is 0 Å². The molecule has 104 valence electrons. The average Bonchev–Trinajstić information content (AvgIpc) is 2.77. The number of rotatable bonds is 3. The maximum absolute atomic E-state index is 4.58. The third-order valence-corrected chi connectivity index (χ3v) is 4.18. The highest BCUT2D eigenvalue weighted by Crippen LogP contribution is 2.23. The third kappa shape index (κ3) is 2.87. The molecule has 1 aromatic rings. The molecule has 0 aliphatic carbocycles. The zero-order chi connectivity index (χ0) is 13.1. The van der Waals surface area contributed by atoms with E-state index in [-0.39, 0.29) is 0 Å². The highest BCUT2D eigenvalue weighted by atomic mass is 15.3. The molecule has 0 bridgehead atoms. The van der Waals surface area contributed by atoms with Crippen molar-refractivity contribution < 1.29 is 0 Å². The number of fused-ring (bicyclic) bond motifs is 1. The number of aromatic nitrogens is 2. The minimum Gasteiger partial charge on any atom is -0.354 e. The molecule has 19 heavy (non-hydrogen) atoms. The minimum atomic E-state index is 0.723. The van der Waals surface area contributed by atoms with Crippen LogP contribution in [0.4, 0.5) is 5.82 Å². The van der Waals surface area contributed by atoms with Crippen molar-refractivity contribution in [2.75, 3.05) is 38.1 Å². The number of nitrogens with one attached hydrogen (secondary N) is 1. The number of hydrogen-bond acceptors (Lipinski definition) is 5. The van der Waals surface area contributed by atoms with Crippen LogP contribution in [0.15, 0.2) is 12.4 Å². The van der Waals surface area contributed by atoms with Crippen molar-refractivity contribution in [3.05, 3.63) is 18.1 Å². The average molecular weight is 261 g/mol. The van der Waals surface area contributed by atoms with Crippen LogP contribution in [0.2, 0.25) is 0 Å². The van der Waals surface area contributed by atoms with E-state index in [1.54, 1.807) is 0 Å². The summed E-state index contributed by atoms with van der Waals surface area (Å²) in [7, 11) is 1.93. The summed E-state index contributed by atoms with van der Waals surface area (Å²) in [6, 6.07) is 0.723. The summed E-state index contributed by atoms with van der Waals surface area (Å²) < 4.78 is 0. The topological polar surface area (TPSA) is 44.3 Å². The Morgan fingerprint density at radius 3 is 2.89 bits per heavy atom. The Kier molecular flexibility index (Phi) is 3.94. The first kappa shape index (κ1) is 12.8. The molecule has 5 heteroatoms. The van der Waals surface area contributed by atoms with E-state index in [0.717, 1.165) is 37.2 Å². The molecule has 0 radical (unpaired) electrons. The summed E-state index contributed by atoms with van der Waals surface area (Å²) in [5, 5.41) is 3.10. The summed E-state index contributed by atoms with van der Waals surface area (Å²) in [6.45, 7) is 5.52. The van der Waals surface area contributed by atoms with Crippen molar-refractivity contribution in [3.8, 4) is 0 Å². The third-order valence-electron chi connectivity index (χ3n) is 4.18. The monoisotopic (exact) mass is 261 g/mol. The van der Waals surface area contributed by atoms with Gasteiger partial charge in [0.25, 0.3) is 0 Å². The number of anilines is 1. The highest BCUT2D eigenvalue weighted by Gasteiger charge is 2.29. The molecule has 0 saturated carbocycles. The molecule has 1 N–H and O–H groups in total. The zero-order valence-corrected chi connectivity index (χ0v) is 11.7. The second-order valence-corrected chi connectivity index (χ2v) is 5.53. The van der Waals surface area contributed by atoms with E-state index in [0.29, 0.717) is 0 Å². The Bertz CT molecular complexity index is 405. The fraction of sp³-hybridized carbons (Fsp3) is 0.714. The van der Waals surface area contributed by atoms with Gasteiger partial charge in [-0.15, -0.1) is 0 Å². The van der Waals surface area contributed by atoms with Gasteiger partial charge in [0.05, 0.1) is 18.1 Å². The second-order valence-electron chi connectivity index (χ2n) is 5.53. The molecule has 2 aliphatic rings. The Hall–Kier alpha value is -1.20. The lowest BCUT2D eigenvalue weighted by Gasteiger charge is -2.26. The molecule has 3 rings (SSSR count). The maximum Gasteiger partial charge on any atom is 0.147 e. The van der Waals surface area contributed by atoms with Gasteiger partial charge in [-0.1, -0.05) is 0 Å². The molecular weight excluding hydrogens is 238 g/mol. The van der Waals surface area contributed by atoms with Crippen LogP contribution in [0, 0.1) is 0 Å². The zero-order valence-electron chi connectivity index (χ0n) is 11.7. The van der Waals surface area contributed by atoms with E-state index < -0.39 is 0 Å². The predicted molar refractivity (Wildman–Crippen MR) is 76.2 cm³/mol. The van der Waals surface area contributed by atoms with Crippen LogP contribution in [0.5, 0.6) is 0 Å². The Morgan fingerprint density at radius 2 is 2.11 bits per heavy atom. The molecule has 1 aromatic heterocycles. The largest absolute Gasteiger partial charge is 0.354 e. The lowest BCUT2D eigenvalue weighted by Crippen LogP contribution is -2.37. The van der Waals surface area contributed by atoms with Crippen molar-refractivity contribution in [3.63, 3.8) is 0 Å². The predicted octanol–water partition coefficient (Wildman–Crippen LogP) is 0.870. The quantitative estimate of drug-likeness (QED) is 0.875. The van der Waals surface area contributed by atoms with E-state index in [4.69, 9.17) is 0 Å². The van der Waals surface area contributed by atoms with Crippen molar-refractivity contribution >= 4 is 5.82 Å². The molecule has 2 aliphatic heterocycles. The lowest BCUT2D eigenvalue weighted by atomic mass is 10.2. The van der Waals surface area contributed by atoms with Crippen molar-refractivity contribution in [1.82, 2.24) is 20.2 Å². The summed E-state index contributed by atoms with van der Waals surface area (Å²) >= 11 is 0. The summed E-state index contributed by atoms with van der Waals surface area (Å²) in [4.78, 5) is 14.1. The van der Waals surface area contributed by atoms with Crippen molar-refractivity contribution in [1.29, 1.82) is 0 Å². The van der Waals surface area contributed by atoms with Gasteiger partial charge in [-0.2, -0.15) is 0 Å². The first-order chi connectivity index (χ1) is 9.36. The van der Waals surface area contributed by atoms with Gasteiger partial charge in [-0.25, -0.2) is 4.98 Å². The van der Waals surface area contributed by atoms with Crippen LogP contribution in [0.1, 0.15) is 25.0 Å². The van der Waals surface area contributed by atoms with Crippen LogP contribution in [0.25, 0.3) is 0 Å². The fourth-order valence-electron chi connectivity index (χ4n) is 3.20. The molecule has 0 aromatic carbocycles. The van der Waals surface area contributed by atoms with Crippen LogP contribution >= 0.6 is 0 Å². The summed E-state index contributed by atoms with van der Waals surface area (Å²) in [6.07, 6.45) is 7.74. The van der Waals surface area contributed by atoms with Gasteiger partial charge < -0.3 is 10.2 Å². The van der Waals surface area contributed by atoms with E-state index >= 15 is 0 Å². The normalized spacial score (nSPS) is 24.3. The maximum atomic E-state index is 4.58. The summed E-state index contributed by atoms with van der Waals surface area (Å²) in [5.41, 5.74) is 1.00. The van der Waals surface area contributed by atoms with Gasteiger partial charge in [0.2, 0.25) is 0 Å². The van der Waals surface area contributed by atoms with Crippen LogP contribution in [-0.4, -0.2) is 54.1 Å². The van der Waals surface area contributed by atoms with E-state index in [9.17, 15) is 0 Å². The summed E-state index contributed by atoms with van der Waals surface area (Å²) in [5.74, 6) is 1.04. The first-order valence-electron chi connectivity index (χ1n) is 7.31. The molecule has 3 heterocycles. The van der Waals surface area contributed by atoms with Crippen LogP contribution in [0.3, 0.4) is 0 Å². The van der Waals surface area contributed by atoms with E-state index in [1.165, 1.54) is 32.4 Å². The van der Waals surface area contributed by atoms with E-state index in [2.05, 4.69) is 25.1 Å². The molecule has 0 amide bonds. The first-order valence-corrected chi connectivity index (χ1v) is 7.31. The van der Waals surface area contributed by atoms with Gasteiger partial charge in [-0.3, -0.25) is 9.88 Å². The van der Waals surface area contributed by atoms with Crippen molar-refractivity contribution in [2.45, 2.75) is 31.8 Å². The molecule has 5 nitrogen and oxygen atoms in total.